The summed E-state index contributed by atoms with van der Waals surface area (Å²) in [5.41, 5.74) is 4.08. The number of nitrogens with one attached hydrogen (secondary N) is 1. The van der Waals surface area contributed by atoms with Crippen molar-refractivity contribution < 1.29 is 4.74 Å². The SMILES string of the molecule is COc1ccc2nc(C3(CCCC[C@H]4CC=C5CC54)CC3)c(=O)[nH]c2c1. The van der Waals surface area contributed by atoms with Crippen molar-refractivity contribution in [3.8, 4) is 5.75 Å². The van der Waals surface area contributed by atoms with Crippen LogP contribution in [-0.2, 0) is 5.41 Å². The van der Waals surface area contributed by atoms with Gasteiger partial charge in [0.15, 0.2) is 0 Å². The number of hydrogen-bond acceptors (Lipinski definition) is 3. The van der Waals surface area contributed by atoms with E-state index in [4.69, 9.17) is 9.72 Å². The maximum Gasteiger partial charge on any atom is 0.270 e. The van der Waals surface area contributed by atoms with Crippen molar-refractivity contribution in [1.82, 2.24) is 9.97 Å². The summed E-state index contributed by atoms with van der Waals surface area (Å²) in [6.45, 7) is 0. The van der Waals surface area contributed by atoms with Crippen LogP contribution in [0.25, 0.3) is 11.0 Å². The zero-order chi connectivity index (χ0) is 17.7. The largest absolute Gasteiger partial charge is 0.497 e. The van der Waals surface area contributed by atoms with E-state index in [1.165, 1.54) is 32.1 Å². The number of rotatable bonds is 7. The van der Waals surface area contributed by atoms with E-state index in [-0.39, 0.29) is 11.0 Å². The van der Waals surface area contributed by atoms with Gasteiger partial charge in [-0.25, -0.2) is 4.98 Å². The van der Waals surface area contributed by atoms with Gasteiger partial charge in [0.05, 0.1) is 18.1 Å². The third kappa shape index (κ3) is 2.76. The molecule has 1 heterocycles. The van der Waals surface area contributed by atoms with Crippen molar-refractivity contribution in [2.45, 2.75) is 56.8 Å². The molecular weight excluding hydrogens is 324 g/mol. The van der Waals surface area contributed by atoms with E-state index in [1.807, 2.05) is 18.2 Å². The Kier molecular flexibility index (Phi) is 3.70. The maximum absolute atomic E-state index is 12.6. The van der Waals surface area contributed by atoms with Crippen molar-refractivity contribution in [2.24, 2.45) is 11.8 Å². The van der Waals surface area contributed by atoms with Crippen LogP contribution in [0.15, 0.2) is 34.6 Å². The molecule has 2 aromatic rings. The Balaban J connectivity index is 1.27. The zero-order valence-electron chi connectivity index (χ0n) is 15.4. The van der Waals surface area contributed by atoms with Crippen molar-refractivity contribution in [3.05, 3.63) is 45.9 Å². The highest BCUT2D eigenvalue weighted by atomic mass is 16.5. The van der Waals surface area contributed by atoms with Crippen LogP contribution in [0.2, 0.25) is 0 Å². The number of nitrogens with zero attached hydrogens (tertiary/aromatic N) is 1. The monoisotopic (exact) mass is 350 g/mol. The van der Waals surface area contributed by atoms with Crippen LogP contribution in [0.5, 0.6) is 5.75 Å². The lowest BCUT2D eigenvalue weighted by molar-refractivity contribution is 0.415. The molecule has 4 heteroatoms. The third-order valence-electron chi connectivity index (χ3n) is 6.76. The van der Waals surface area contributed by atoms with Crippen LogP contribution in [0, 0.1) is 11.8 Å². The van der Waals surface area contributed by atoms with Crippen molar-refractivity contribution in [1.29, 1.82) is 0 Å². The molecule has 1 aromatic carbocycles. The summed E-state index contributed by atoms with van der Waals surface area (Å²) in [5.74, 6) is 2.59. The summed E-state index contributed by atoms with van der Waals surface area (Å²) in [4.78, 5) is 20.4. The minimum Gasteiger partial charge on any atom is -0.497 e. The van der Waals surface area contributed by atoms with Gasteiger partial charge < -0.3 is 9.72 Å². The summed E-state index contributed by atoms with van der Waals surface area (Å²) < 4.78 is 5.24. The number of hydrogen-bond donors (Lipinski definition) is 1. The smallest absolute Gasteiger partial charge is 0.270 e. The summed E-state index contributed by atoms with van der Waals surface area (Å²) >= 11 is 0. The number of aromatic nitrogens is 2. The molecule has 2 atom stereocenters. The number of ether oxygens (including phenoxy) is 1. The maximum atomic E-state index is 12.6. The molecule has 136 valence electrons. The molecule has 3 aliphatic carbocycles. The molecule has 2 fully saturated rings. The van der Waals surface area contributed by atoms with Crippen LogP contribution in [0.1, 0.15) is 57.1 Å². The number of allylic oxidation sites excluding steroid dienone is 2. The Bertz CT molecular complexity index is 939. The molecule has 0 radical (unpaired) electrons. The topological polar surface area (TPSA) is 55.0 Å². The molecule has 1 N–H and O–H groups in total. The van der Waals surface area contributed by atoms with Gasteiger partial charge in [0.1, 0.15) is 11.4 Å². The van der Waals surface area contributed by atoms with Gasteiger partial charge in [-0.15, -0.1) is 0 Å². The Morgan fingerprint density at radius 2 is 2.19 bits per heavy atom. The molecule has 0 saturated heterocycles. The molecule has 0 amide bonds. The fraction of sp³-hybridized carbons (Fsp3) is 0.545. The van der Waals surface area contributed by atoms with Crippen molar-refractivity contribution in [3.63, 3.8) is 0 Å². The van der Waals surface area contributed by atoms with Gasteiger partial charge in [-0.3, -0.25) is 4.79 Å². The summed E-state index contributed by atoms with van der Waals surface area (Å²) in [7, 11) is 1.63. The van der Waals surface area contributed by atoms with E-state index in [0.717, 1.165) is 53.6 Å². The van der Waals surface area contributed by atoms with E-state index >= 15 is 0 Å². The van der Waals surface area contributed by atoms with Gasteiger partial charge in [-0.2, -0.15) is 0 Å². The van der Waals surface area contributed by atoms with Gasteiger partial charge in [-0.05, 0) is 62.5 Å². The van der Waals surface area contributed by atoms with Crippen LogP contribution in [0.4, 0.5) is 0 Å². The lowest BCUT2D eigenvalue weighted by Crippen LogP contribution is -2.23. The number of fused-ring (bicyclic) bond motifs is 2. The molecule has 1 aromatic heterocycles. The van der Waals surface area contributed by atoms with Crippen LogP contribution < -0.4 is 10.3 Å². The first kappa shape index (κ1) is 16.1. The minimum absolute atomic E-state index is 0.0223. The first-order chi connectivity index (χ1) is 12.7. The normalized spacial score (nSPS) is 25.0. The van der Waals surface area contributed by atoms with Crippen molar-refractivity contribution >= 4 is 11.0 Å². The summed E-state index contributed by atoms with van der Waals surface area (Å²) in [6.07, 6.45) is 12.3. The lowest BCUT2D eigenvalue weighted by atomic mass is 9.91. The Labute approximate surface area is 153 Å². The van der Waals surface area contributed by atoms with E-state index < -0.39 is 0 Å². The number of aromatic amines is 1. The quantitative estimate of drug-likeness (QED) is 0.591. The number of unbranched alkanes of at least 4 members (excludes halogenated alkanes) is 1. The third-order valence-corrected chi connectivity index (χ3v) is 6.76. The van der Waals surface area contributed by atoms with Crippen LogP contribution >= 0.6 is 0 Å². The standard InChI is InChI=1S/C22H26N2O2/c1-26-16-7-8-18-19(13-16)24-21(25)20(23-18)22(10-11-22)9-3-2-4-14-5-6-15-12-17(14)15/h6-8,13-14,17H,2-5,9-12H2,1H3,(H,24,25)/t14-,17?/m0/s1. The molecule has 3 aliphatic rings. The summed E-state index contributed by atoms with van der Waals surface area (Å²) in [5, 5.41) is 0. The van der Waals surface area contributed by atoms with E-state index in [0.29, 0.717) is 0 Å². The van der Waals surface area contributed by atoms with Gasteiger partial charge in [-0.1, -0.05) is 24.5 Å². The molecule has 0 aliphatic heterocycles. The molecule has 2 saturated carbocycles. The predicted octanol–water partition coefficient (Wildman–Crippen LogP) is 4.49. The second-order valence-corrected chi connectivity index (χ2v) is 8.41. The van der Waals surface area contributed by atoms with Gasteiger partial charge in [0.25, 0.3) is 5.56 Å². The molecule has 0 bridgehead atoms. The second kappa shape index (κ2) is 5.97. The lowest BCUT2D eigenvalue weighted by Gasteiger charge is -2.16. The first-order valence-electron chi connectivity index (χ1n) is 9.96. The van der Waals surface area contributed by atoms with Crippen LogP contribution in [0.3, 0.4) is 0 Å². The average molecular weight is 350 g/mol. The summed E-state index contributed by atoms with van der Waals surface area (Å²) in [6, 6.07) is 5.68. The van der Waals surface area contributed by atoms with Crippen LogP contribution in [-0.4, -0.2) is 17.1 Å². The Morgan fingerprint density at radius 3 is 2.88 bits per heavy atom. The first-order valence-corrected chi connectivity index (χ1v) is 9.96. The number of H-pyrrole nitrogens is 1. The zero-order valence-corrected chi connectivity index (χ0v) is 15.4. The highest BCUT2D eigenvalue weighted by molar-refractivity contribution is 5.76. The predicted molar refractivity (Wildman–Crippen MR) is 103 cm³/mol. The van der Waals surface area contributed by atoms with Gasteiger partial charge in [0, 0.05) is 11.5 Å². The molecule has 5 rings (SSSR count). The molecule has 0 spiro atoms. The van der Waals surface area contributed by atoms with E-state index in [9.17, 15) is 4.79 Å². The van der Waals surface area contributed by atoms with E-state index in [2.05, 4.69) is 11.1 Å². The van der Waals surface area contributed by atoms with E-state index in [1.54, 1.807) is 12.7 Å². The Morgan fingerprint density at radius 1 is 1.31 bits per heavy atom. The molecular formula is C22H26N2O2. The van der Waals surface area contributed by atoms with Gasteiger partial charge in [0.2, 0.25) is 0 Å². The average Bonchev–Trinajstić information content (AvgIpc) is 3.57. The highest BCUT2D eigenvalue weighted by Crippen LogP contribution is 2.53. The van der Waals surface area contributed by atoms with Gasteiger partial charge >= 0.3 is 0 Å². The fourth-order valence-corrected chi connectivity index (χ4v) is 4.86. The molecule has 26 heavy (non-hydrogen) atoms. The molecule has 4 nitrogen and oxygen atoms in total. The number of methoxy groups -OCH3 is 1. The fourth-order valence-electron chi connectivity index (χ4n) is 4.86. The minimum atomic E-state index is -0.0223. The second-order valence-electron chi connectivity index (χ2n) is 8.41. The highest BCUT2D eigenvalue weighted by Gasteiger charge is 2.47. The Hall–Kier alpha value is -2.10. The number of benzene rings is 1. The molecule has 1 unspecified atom stereocenters. The van der Waals surface area contributed by atoms with Crippen molar-refractivity contribution in [2.75, 3.05) is 7.11 Å².